The molecule has 2 aromatic rings. The predicted molar refractivity (Wildman–Crippen MR) is 312 cm³/mol. The molecule has 5 rings (SSSR count). The van der Waals surface area contributed by atoms with E-state index < -0.39 is 109 Å². The van der Waals surface area contributed by atoms with Crippen molar-refractivity contribution in [3.63, 3.8) is 0 Å². The molecule has 0 radical (unpaired) electrons. The van der Waals surface area contributed by atoms with Crippen LogP contribution in [0.25, 0.3) is 0 Å². The van der Waals surface area contributed by atoms with Gasteiger partial charge in [-0.15, -0.1) is 0 Å². The number of ketones is 1. The SMILES string of the molecule is C=C/C=C/C=C/C=C/C=C/[C@@H](CC[C@@H](CC[C@](O)(C[C@@H]1C[C@H]([C@H](O)CC[C@@H]2C[C@H](CC(=O)O[C@@H](C)[C@H](C)C(=O)[C@@H](C)/C=C/C=C/C)OC(c3ccc(OC)cc3)O2)OC(c2ccc(OC)cc2)O1)OC)C(=O)O)OC1O[C@H](C)[C@@H](O)C[C@@H]1O. The molecule has 0 aromatic heterocycles. The van der Waals surface area contributed by atoms with Gasteiger partial charge in [0, 0.05) is 56.3 Å². The number of methoxy groups -OCH3 is 3. The van der Waals surface area contributed by atoms with Crippen molar-refractivity contribution < 1.29 is 87.3 Å². The molecule has 18 nitrogen and oxygen atoms in total. The van der Waals surface area contributed by atoms with Crippen LogP contribution in [-0.4, -0.2) is 138 Å². The van der Waals surface area contributed by atoms with Crippen LogP contribution in [-0.2, 0) is 52.3 Å². The zero-order valence-corrected chi connectivity index (χ0v) is 49.4. The summed E-state index contributed by atoms with van der Waals surface area (Å²) in [5.41, 5.74) is 1.32. The monoisotopic (exact) mass is 1160 g/mol. The Balaban J connectivity index is 1.28. The van der Waals surface area contributed by atoms with E-state index in [1.807, 2.05) is 74.6 Å². The summed E-state index contributed by atoms with van der Waals surface area (Å²) in [6.45, 7) is 12.5. The summed E-state index contributed by atoms with van der Waals surface area (Å²) in [4.78, 5) is 39.6. The first kappa shape index (κ1) is 68.2. The Kier molecular flexibility index (Phi) is 28.7. The Bertz CT molecular complexity index is 2470. The Morgan fingerprint density at radius 2 is 1.30 bits per heavy atom. The van der Waals surface area contributed by atoms with Gasteiger partial charge >= 0.3 is 11.9 Å². The molecule has 0 bridgehead atoms. The van der Waals surface area contributed by atoms with Gasteiger partial charge in [-0.2, -0.15) is 0 Å². The molecular weight excluding hydrogens is 1070 g/mol. The van der Waals surface area contributed by atoms with Crippen molar-refractivity contribution in [3.05, 3.63) is 145 Å². The number of benzene rings is 2. The molecule has 0 spiro atoms. The van der Waals surface area contributed by atoms with Gasteiger partial charge in [-0.25, -0.2) is 0 Å². The maximum Gasteiger partial charge on any atom is 0.308 e. The van der Waals surface area contributed by atoms with Crippen LogP contribution in [0.15, 0.2) is 134 Å². The van der Waals surface area contributed by atoms with Crippen LogP contribution in [0.1, 0.15) is 129 Å². The first-order valence-electron chi connectivity index (χ1n) is 28.9. The van der Waals surface area contributed by atoms with Crippen LogP contribution in [0.5, 0.6) is 11.5 Å². The van der Waals surface area contributed by atoms with Gasteiger partial charge < -0.3 is 72.9 Å². The van der Waals surface area contributed by atoms with E-state index in [1.54, 1.807) is 102 Å². The number of aliphatic carboxylic acids is 1. The minimum absolute atomic E-state index is 0.00954. The molecule has 17 atom stereocenters. The number of aliphatic hydroxyl groups is 4. The quantitative estimate of drug-likeness (QED) is 0.0253. The highest BCUT2D eigenvalue weighted by Crippen LogP contribution is 2.39. The van der Waals surface area contributed by atoms with Crippen LogP contribution in [0.2, 0.25) is 0 Å². The Hall–Kier alpha value is -5.61. The van der Waals surface area contributed by atoms with Gasteiger partial charge in [-0.3, -0.25) is 14.4 Å². The lowest BCUT2D eigenvalue weighted by Crippen LogP contribution is -2.48. The van der Waals surface area contributed by atoms with E-state index >= 15 is 0 Å². The number of carbonyl (C=O) groups excluding carboxylic acids is 2. The molecular formula is C65H90O18. The number of carboxylic acids is 1. The highest BCUT2D eigenvalue weighted by molar-refractivity contribution is 5.85. The fourth-order valence-corrected chi connectivity index (χ4v) is 10.1. The Morgan fingerprint density at radius 3 is 1.90 bits per heavy atom. The number of aliphatic hydroxyl groups excluding tert-OH is 3. The maximum absolute atomic E-state index is 13.5. The largest absolute Gasteiger partial charge is 0.497 e. The Labute approximate surface area is 490 Å². The smallest absolute Gasteiger partial charge is 0.308 e. The number of ether oxygens (including phenoxy) is 10. The third-order valence-corrected chi connectivity index (χ3v) is 15.4. The number of Topliss-reactive ketones (excluding diaryl/α,β-unsaturated/α-hetero) is 1. The number of carbonyl (C=O) groups is 3. The fraction of sp³-hybridized carbons (Fsp3) is 0.554. The summed E-state index contributed by atoms with van der Waals surface area (Å²) in [6, 6.07) is 14.3. The van der Waals surface area contributed by atoms with Crippen molar-refractivity contribution in [1.29, 1.82) is 0 Å². The molecule has 3 heterocycles. The molecule has 0 amide bonds. The molecule has 18 heteroatoms. The summed E-state index contributed by atoms with van der Waals surface area (Å²) in [7, 11) is 4.47. The third-order valence-electron chi connectivity index (χ3n) is 15.4. The van der Waals surface area contributed by atoms with Crippen LogP contribution in [0, 0.1) is 17.8 Å². The van der Waals surface area contributed by atoms with Gasteiger partial charge in [0.25, 0.3) is 0 Å². The topological polar surface area (TPSA) is 245 Å². The van der Waals surface area contributed by atoms with Crippen LogP contribution < -0.4 is 9.47 Å². The molecule has 3 aliphatic rings. The van der Waals surface area contributed by atoms with Gasteiger partial charge in [0.05, 0.1) is 81.3 Å². The molecule has 458 valence electrons. The van der Waals surface area contributed by atoms with Gasteiger partial charge in [0.1, 0.15) is 29.5 Å². The molecule has 0 saturated carbocycles. The average Bonchev–Trinajstić information content (AvgIpc) is 3.68. The molecule has 0 aliphatic carbocycles. The molecule has 83 heavy (non-hydrogen) atoms. The summed E-state index contributed by atoms with van der Waals surface area (Å²) < 4.78 is 60.2. The predicted octanol–water partition coefficient (Wildman–Crippen LogP) is 9.82. The second-order valence-corrected chi connectivity index (χ2v) is 21.6. The normalized spacial score (nSPS) is 27.4. The van der Waals surface area contributed by atoms with Crippen LogP contribution in [0.4, 0.5) is 0 Å². The van der Waals surface area contributed by atoms with Gasteiger partial charge in [0.2, 0.25) is 0 Å². The number of hydrogen-bond donors (Lipinski definition) is 5. The lowest BCUT2D eigenvalue weighted by atomic mass is 9.89. The molecule has 3 aliphatic heterocycles. The highest BCUT2D eigenvalue weighted by Gasteiger charge is 2.42. The summed E-state index contributed by atoms with van der Waals surface area (Å²) >= 11 is 0. The van der Waals surface area contributed by atoms with Crippen molar-refractivity contribution >= 4 is 17.7 Å². The van der Waals surface area contributed by atoms with E-state index in [2.05, 4.69) is 6.58 Å². The van der Waals surface area contributed by atoms with Crippen LogP contribution >= 0.6 is 0 Å². The van der Waals surface area contributed by atoms with E-state index in [1.165, 1.54) is 7.11 Å². The van der Waals surface area contributed by atoms with E-state index in [0.29, 0.717) is 35.5 Å². The zero-order valence-electron chi connectivity index (χ0n) is 49.4. The lowest BCUT2D eigenvalue weighted by molar-refractivity contribution is -0.290. The first-order chi connectivity index (χ1) is 39.8. The van der Waals surface area contributed by atoms with Crippen molar-refractivity contribution in [2.24, 2.45) is 17.8 Å². The molecule has 2 aromatic carbocycles. The van der Waals surface area contributed by atoms with E-state index in [4.69, 9.17) is 47.4 Å². The summed E-state index contributed by atoms with van der Waals surface area (Å²) in [5.74, 6) is -4.14. The van der Waals surface area contributed by atoms with E-state index in [-0.39, 0.29) is 69.5 Å². The molecule has 3 saturated heterocycles. The summed E-state index contributed by atoms with van der Waals surface area (Å²) in [5, 5.41) is 55.6. The molecule has 5 N–H and O–H groups in total. The summed E-state index contributed by atoms with van der Waals surface area (Å²) in [6.07, 6.45) is 13.9. The standard InChI is InChI=1S/C65H90O18/c1-10-12-14-15-16-17-18-20-22-51(79-64-57(68)40-56(67)45(6)78-64)32-23-46(61(71)72)35-36-65(73,76-9)41-54-38-58(83-63(82-54)48-26-30-50(75-8)31-27-48)55(66)34-33-52-37-53(81-62(80-52)47-24-28-49(74-7)29-25-47)39-59(69)77-44(5)43(4)60(70)42(3)21-19-13-11-2/h10-22,24-31,42-46,51-58,62-64,66-68,73H,1,23,32-41H2,2-9H3,(H,71,72)/b13-11+,14-12+,16-15+,18-17+,21-19+,22-20+/t42-,43-,44-,45+,46-,51-,52+,53+,54-,55+,56-,57-,58+,62?,63?,64?,65+/m0/s1. The van der Waals surface area contributed by atoms with Crippen molar-refractivity contribution in [2.75, 3.05) is 21.3 Å². The Morgan fingerprint density at radius 1 is 0.711 bits per heavy atom. The third kappa shape index (κ3) is 22.4. The number of rotatable bonds is 33. The van der Waals surface area contributed by atoms with Gasteiger partial charge in [-0.05, 0) is 77.1 Å². The number of carboxylic acid groups (broad SMARTS) is 1. The zero-order chi connectivity index (χ0) is 60.5. The number of hydrogen-bond acceptors (Lipinski definition) is 17. The first-order valence-corrected chi connectivity index (χ1v) is 28.9. The van der Waals surface area contributed by atoms with Crippen molar-refractivity contribution in [2.45, 2.75) is 191 Å². The number of esters is 1. The second-order valence-electron chi connectivity index (χ2n) is 21.6. The minimum Gasteiger partial charge on any atom is -0.497 e. The molecule has 3 fully saturated rings. The van der Waals surface area contributed by atoms with Crippen molar-refractivity contribution in [3.8, 4) is 11.5 Å². The highest BCUT2D eigenvalue weighted by atomic mass is 16.7. The fourth-order valence-electron chi connectivity index (χ4n) is 10.1. The van der Waals surface area contributed by atoms with Crippen LogP contribution in [0.3, 0.4) is 0 Å². The van der Waals surface area contributed by atoms with E-state index in [0.717, 1.165) is 0 Å². The lowest BCUT2D eigenvalue weighted by Gasteiger charge is -2.41. The number of allylic oxidation sites excluding steroid dienone is 12. The second kappa shape index (κ2) is 35.0. The van der Waals surface area contributed by atoms with E-state index in [9.17, 15) is 39.9 Å². The average molecular weight is 1160 g/mol. The van der Waals surface area contributed by atoms with Gasteiger partial charge in [-0.1, -0.05) is 124 Å². The van der Waals surface area contributed by atoms with Gasteiger partial charge in [0.15, 0.2) is 24.7 Å². The minimum atomic E-state index is -1.86. The maximum atomic E-state index is 13.5. The molecule has 3 unspecified atom stereocenters. The van der Waals surface area contributed by atoms with Crippen molar-refractivity contribution in [1.82, 2.24) is 0 Å².